The molecule has 3 radical (unpaired) electrons. The number of piperidine rings is 4. The first-order valence-corrected chi connectivity index (χ1v) is 52.8. The minimum Gasteiger partial charge on any atom is -0.793 e. The van der Waals surface area contributed by atoms with Crippen molar-refractivity contribution in [2.24, 2.45) is 47.3 Å². The van der Waals surface area contributed by atoms with Crippen LogP contribution in [0.1, 0.15) is 261 Å². The Morgan fingerprint density at radius 3 is 1.12 bits per heavy atom. The van der Waals surface area contributed by atoms with Crippen LogP contribution in [0.15, 0.2) is 72.8 Å². The number of amides is 2. The van der Waals surface area contributed by atoms with Crippen LogP contribution in [-0.2, 0) is 83.8 Å². The van der Waals surface area contributed by atoms with E-state index in [1.54, 1.807) is 9.87 Å². The van der Waals surface area contributed by atoms with Crippen LogP contribution in [0, 0.1) is 75.0 Å². The van der Waals surface area contributed by atoms with Gasteiger partial charge in [-0.15, -0.1) is 35.6 Å². The van der Waals surface area contributed by atoms with E-state index in [1.165, 1.54) is 193 Å². The normalized spacial score (nSPS) is 27.0. The van der Waals surface area contributed by atoms with E-state index in [4.69, 9.17) is 32.7 Å². The Morgan fingerprint density at radius 1 is 0.477 bits per heavy atom. The van der Waals surface area contributed by atoms with Crippen molar-refractivity contribution in [3.8, 4) is 0 Å². The van der Waals surface area contributed by atoms with Crippen LogP contribution >= 0.6 is 46.3 Å². The molecule has 8 bridgehead atoms. The summed E-state index contributed by atoms with van der Waals surface area (Å²) in [4.78, 5) is 85.4. The van der Waals surface area contributed by atoms with Crippen molar-refractivity contribution in [2.45, 2.75) is 295 Å². The van der Waals surface area contributed by atoms with Gasteiger partial charge in [0.25, 0.3) is 0 Å². The van der Waals surface area contributed by atoms with Crippen molar-refractivity contribution < 1.29 is 99.1 Å². The number of nitrogens with zero attached hydrogens (tertiary/aromatic N) is 6. The molecule has 0 aromatic heterocycles. The van der Waals surface area contributed by atoms with E-state index < -0.39 is 48.2 Å². The standard InChI is InChI=1S/C25H36N2O2.C21H30N2O2S.C20H28N2.C18H26N2O2.C7H10O.C4H6O4.C2H3BO2.CH2Cl2.CH3ClO2S.ClH.Na/c1-17-5-8-21-20(13-17)25(16-27(21)23(28)29-24(2,3)4)9-11-26(12-10-25)22-15-18-6-7-19(22)14-18;1-15-3-6-19-18(11-15)21(14-23(19)26(2,24)25)7-9-22(10-8-21)20-13-16-4-5-17(20)12-16;1-14-2-5-18-17(10-14)20(13-21-18)6-8-22(9-7-20)19-12-15-3-4-16(19)11-15;1-13-5-6-15-14(11-13)18(7-9-19-10-8-18)12-20(15)16(21)22-17(2,3)4;8-7-4-5-1-2-6(7)3-5;1-3(5)7-8-4(2)6;1-2(4)5-3;2-1-3;1-5(2,3)4;;/h5,8,13,18-19,22H,6-7,9-12,14-16H2,1-4H3;3,6,11,16-17,20H,4-5,7-10,12-14H2,1-2H3;2,5,10,15-16,19,21H,3-4,6-9,11-13H2,1H3;5-6,11,19H,7-10,12H2,1-4H3;5-6H,1-4H2;1-2H3;1H3;1H2;1H3;1H;/q;;;;;;-1;;;;+1/t18-,19+,22-;16-,17+,20-;15-,16+,19-;;5-,6+;;;;;;/m000.0....../s1. The van der Waals surface area contributed by atoms with Gasteiger partial charge in [-0.2, -0.15) is 0 Å². The fraction of sp³-hybridized carbons (Fsp3) is 0.697. The number of carbonyl (C=O) groups is 6. The summed E-state index contributed by atoms with van der Waals surface area (Å²) in [6, 6.07) is 28.8. The molecule has 4 spiro atoms. The Bertz CT molecular complexity index is 4800. The summed E-state index contributed by atoms with van der Waals surface area (Å²) in [6.45, 7) is 36.3. The molecular formula is C99H145BCl4N8NaO15S2. The maximum absolute atomic E-state index is 13.0. The maximum Gasteiger partial charge on any atom is 1.00 e. The van der Waals surface area contributed by atoms with E-state index in [-0.39, 0.29) is 75.7 Å². The van der Waals surface area contributed by atoms with Gasteiger partial charge < -0.3 is 47.5 Å². The van der Waals surface area contributed by atoms with E-state index in [0.717, 1.165) is 187 Å². The largest absolute Gasteiger partial charge is 1.00 e. The first kappa shape index (κ1) is 107. The zero-order valence-electron chi connectivity index (χ0n) is 80.2. The van der Waals surface area contributed by atoms with Crippen molar-refractivity contribution in [1.29, 1.82) is 0 Å². The van der Waals surface area contributed by atoms with Crippen molar-refractivity contribution in [1.82, 2.24) is 20.0 Å². The smallest absolute Gasteiger partial charge is 0.793 e. The summed E-state index contributed by atoms with van der Waals surface area (Å²) >= 11 is 9.53. The number of rotatable bonds is 4. The molecule has 2 N–H and O–H groups in total. The number of hydrogen-bond acceptors (Lipinski definition) is 20. The van der Waals surface area contributed by atoms with Gasteiger partial charge >= 0.3 is 53.7 Å². The number of alkyl halides is 2. The number of hydrogen-bond donors (Lipinski definition) is 2. The second-order valence-corrected chi connectivity index (χ2v) is 47.9. The van der Waals surface area contributed by atoms with E-state index in [1.807, 2.05) is 63.5 Å². The quantitative estimate of drug-likeness (QED) is 0.0632. The molecule has 8 saturated carbocycles. The van der Waals surface area contributed by atoms with E-state index in [2.05, 4.69) is 147 Å². The molecular weight excluding hydrogens is 1780 g/mol. The van der Waals surface area contributed by atoms with Gasteiger partial charge in [0.2, 0.25) is 25.0 Å². The topological polar surface area (TPSA) is 260 Å². The summed E-state index contributed by atoms with van der Waals surface area (Å²) in [5, 5.41) is 7.30. The second kappa shape index (κ2) is 45.1. The minimum atomic E-state index is -3.22. The Kier molecular flexibility index (Phi) is 37.2. The van der Waals surface area contributed by atoms with Crippen molar-refractivity contribution >= 4 is 132 Å². The van der Waals surface area contributed by atoms with E-state index in [0.29, 0.717) is 23.7 Å². The number of likely N-dealkylation sites (tertiary alicyclic amines) is 3. The van der Waals surface area contributed by atoms with Gasteiger partial charge in [0.1, 0.15) is 17.0 Å². The Hall–Kier alpha value is -4.94. The van der Waals surface area contributed by atoms with Crippen LogP contribution < -0.4 is 54.3 Å². The van der Waals surface area contributed by atoms with Crippen LogP contribution in [0.4, 0.5) is 32.3 Å². The minimum absolute atomic E-state index is 0. The van der Waals surface area contributed by atoms with Gasteiger partial charge in [0, 0.05) is 115 Å². The van der Waals surface area contributed by atoms with E-state index in [9.17, 15) is 45.6 Å². The molecule has 16 aliphatic rings. The van der Waals surface area contributed by atoms with Gasteiger partial charge in [-0.3, -0.25) is 23.7 Å². The summed E-state index contributed by atoms with van der Waals surface area (Å²) in [7, 11) is 2.41. The Morgan fingerprint density at radius 2 is 0.815 bits per heavy atom. The number of carbonyl (C=O) groups excluding carboxylic acids is 6. The van der Waals surface area contributed by atoms with Crippen LogP contribution in [0.5, 0.6) is 0 Å². The van der Waals surface area contributed by atoms with Crippen LogP contribution in [-0.4, -0.2) is 201 Å². The molecule has 8 aliphatic heterocycles. The van der Waals surface area contributed by atoms with Crippen molar-refractivity contribution in [3.05, 3.63) is 117 Å². The Labute approximate surface area is 820 Å². The monoisotopic (exact) mass is 1920 g/mol. The predicted molar refractivity (Wildman–Crippen MR) is 518 cm³/mol. The summed E-state index contributed by atoms with van der Waals surface area (Å²) in [5.74, 6) is 6.07. The molecule has 130 heavy (non-hydrogen) atoms. The number of anilines is 4. The maximum atomic E-state index is 13.0. The predicted octanol–water partition coefficient (Wildman–Crippen LogP) is 16.0. The number of halogens is 4. The molecule has 4 aromatic carbocycles. The van der Waals surface area contributed by atoms with Gasteiger partial charge in [-0.25, -0.2) is 45.8 Å². The molecule has 4 aromatic rings. The molecule has 11 atom stereocenters. The number of nitrogens with one attached hydrogen (secondary N) is 2. The van der Waals surface area contributed by atoms with Gasteiger partial charge in [0.05, 0.1) is 34.9 Å². The third kappa shape index (κ3) is 26.9. The average molecular weight is 1930 g/mol. The zero-order valence-corrected chi connectivity index (χ0v) is 86.9. The summed E-state index contributed by atoms with van der Waals surface area (Å²) in [6.07, 6.45) is 33.5. The fourth-order valence-electron chi connectivity index (χ4n) is 24.8. The summed E-state index contributed by atoms with van der Waals surface area (Å²) < 4.78 is 60.2. The Balaban J connectivity index is 0.000000163. The molecule has 20 rings (SSSR count). The van der Waals surface area contributed by atoms with Crippen LogP contribution in [0.2, 0.25) is 0 Å². The number of aryl methyl sites for hydroxylation is 4. The number of benzene rings is 4. The van der Waals surface area contributed by atoms with Gasteiger partial charge in [-0.1, -0.05) is 90.0 Å². The zero-order chi connectivity index (χ0) is 92.8. The molecule has 8 aliphatic carbocycles. The van der Waals surface area contributed by atoms with Crippen LogP contribution in [0.25, 0.3) is 0 Å². The van der Waals surface area contributed by atoms with Crippen molar-refractivity contribution in [2.75, 3.05) is 116 Å². The number of Topliss-reactive ketones (excluding diaryl/α,β-unsaturated/α-hetero) is 1. The second-order valence-electron chi connectivity index (χ2n) is 42.2. The first-order chi connectivity index (χ1) is 60.3. The first-order valence-electron chi connectivity index (χ1n) is 47.2. The third-order valence-electron chi connectivity index (χ3n) is 30.6. The van der Waals surface area contributed by atoms with Gasteiger partial charge in [0.15, 0.2) is 0 Å². The molecule has 4 saturated heterocycles. The fourth-order valence-corrected chi connectivity index (χ4v) is 25.7. The molecule has 23 nitrogen and oxygen atoms in total. The number of fused-ring (bicyclic) bond motifs is 16. The number of sulfonamides is 1. The number of ketones is 1. The molecule has 8 heterocycles. The number of ether oxygens (including phenoxy) is 2. The molecule has 31 heteroatoms. The molecule has 2 amide bonds. The van der Waals surface area contributed by atoms with Gasteiger partial charge in [-0.05, 0) is 338 Å². The molecule has 715 valence electrons. The molecule has 0 unspecified atom stereocenters. The van der Waals surface area contributed by atoms with E-state index >= 15 is 0 Å². The van der Waals surface area contributed by atoms with Crippen LogP contribution in [0.3, 0.4) is 0 Å². The average Bonchev–Trinajstić information content (AvgIpc) is 1.59. The SMILES string of the molecule is CC(=O)OOC(C)=O.CS(=O)(=O)Cl.Cc1ccc2c(c1)C1(CCN([C@H]3C[C@H]4CC[C@@H]3C4)CC1)CN2.Cc1ccc2c(c1)C1(CCN([C@H]3C[C@H]4CC[C@@H]3C4)CC1)CN2C(=O)OC(C)(C)C.Cc1ccc2c(c1)C1(CCN([C@H]3C[C@H]4CC[C@@H]3C4)CC1)CN2S(C)(=O)=O.Cc1ccc2c(c1)C1(CCNCC1)CN2C(=O)OC(C)(C)C.Cl.ClCCl.O=C1C[C@H]2CC[C@@H]1C2.[B-]OC(C)=O.[Na+]. The molecule has 12 fully saturated rings. The third-order valence-corrected chi connectivity index (χ3v) is 31.8. The van der Waals surface area contributed by atoms with Crippen molar-refractivity contribution in [3.63, 3.8) is 0 Å². The summed E-state index contributed by atoms with van der Waals surface area (Å²) in [5.41, 5.74) is 14.9.